The van der Waals surface area contributed by atoms with Crippen LogP contribution < -0.4 is 4.74 Å². The minimum atomic E-state index is 0.117. The van der Waals surface area contributed by atoms with Gasteiger partial charge in [0.05, 0.1) is 12.5 Å². The molecule has 0 radical (unpaired) electrons. The summed E-state index contributed by atoms with van der Waals surface area (Å²) >= 11 is 0. The minimum Gasteiger partial charge on any atom is -0.492 e. The Morgan fingerprint density at radius 3 is 2.67 bits per heavy atom. The number of rotatable bonds is 3. The van der Waals surface area contributed by atoms with Gasteiger partial charge < -0.3 is 4.74 Å². The second-order valence-corrected chi connectivity index (χ2v) is 5.22. The molecule has 1 atom stereocenters. The van der Waals surface area contributed by atoms with Crippen LogP contribution in [0.1, 0.15) is 23.6 Å². The van der Waals surface area contributed by atoms with Crippen molar-refractivity contribution < 1.29 is 4.74 Å². The molecule has 0 spiro atoms. The first-order chi connectivity index (χ1) is 10.4. The zero-order valence-corrected chi connectivity index (χ0v) is 11.9. The Hall–Kier alpha value is -2.31. The molecule has 3 rings (SSSR count). The molecule has 0 aliphatic carbocycles. The van der Waals surface area contributed by atoms with Gasteiger partial charge in [0.2, 0.25) is 0 Å². The van der Waals surface area contributed by atoms with Crippen molar-refractivity contribution in [3.8, 4) is 11.8 Å². The predicted molar refractivity (Wildman–Crippen MR) is 81.8 cm³/mol. The number of nitriles is 1. The fourth-order valence-electron chi connectivity index (χ4n) is 2.83. The summed E-state index contributed by atoms with van der Waals surface area (Å²) in [5.41, 5.74) is 2.38. The van der Waals surface area contributed by atoms with E-state index >= 15 is 0 Å². The molecular formula is C18H18N2O. The SMILES string of the molecule is N#CCC(c1ccccc1)N1CCOc2ccccc2C1. The van der Waals surface area contributed by atoms with Gasteiger partial charge in [0, 0.05) is 24.7 Å². The minimum absolute atomic E-state index is 0.117. The maximum Gasteiger partial charge on any atom is 0.123 e. The van der Waals surface area contributed by atoms with E-state index in [2.05, 4.69) is 29.2 Å². The molecule has 106 valence electrons. The first-order valence-corrected chi connectivity index (χ1v) is 7.25. The van der Waals surface area contributed by atoms with Gasteiger partial charge in [-0.05, 0) is 11.6 Å². The second-order valence-electron chi connectivity index (χ2n) is 5.22. The lowest BCUT2D eigenvalue weighted by Gasteiger charge is -2.28. The van der Waals surface area contributed by atoms with E-state index in [9.17, 15) is 5.26 Å². The van der Waals surface area contributed by atoms with Crippen LogP contribution in [0.3, 0.4) is 0 Å². The van der Waals surface area contributed by atoms with Crippen LogP contribution in [0.25, 0.3) is 0 Å². The Morgan fingerprint density at radius 2 is 1.86 bits per heavy atom. The molecule has 0 amide bonds. The smallest absolute Gasteiger partial charge is 0.123 e. The number of fused-ring (bicyclic) bond motifs is 1. The van der Waals surface area contributed by atoms with Gasteiger partial charge in [-0.2, -0.15) is 5.26 Å². The Balaban J connectivity index is 1.88. The number of ether oxygens (including phenoxy) is 1. The fourth-order valence-corrected chi connectivity index (χ4v) is 2.83. The van der Waals surface area contributed by atoms with Crippen molar-refractivity contribution in [2.75, 3.05) is 13.2 Å². The first kappa shape index (κ1) is 13.7. The first-order valence-electron chi connectivity index (χ1n) is 7.25. The molecule has 1 unspecified atom stereocenters. The number of hydrogen-bond donors (Lipinski definition) is 0. The van der Waals surface area contributed by atoms with E-state index in [0.717, 1.165) is 18.8 Å². The summed E-state index contributed by atoms with van der Waals surface area (Å²) in [5.74, 6) is 0.962. The molecule has 0 N–H and O–H groups in total. The van der Waals surface area contributed by atoms with Crippen molar-refractivity contribution in [1.29, 1.82) is 5.26 Å². The van der Waals surface area contributed by atoms with Crippen LogP contribution >= 0.6 is 0 Å². The number of hydrogen-bond acceptors (Lipinski definition) is 3. The van der Waals surface area contributed by atoms with E-state index < -0.39 is 0 Å². The van der Waals surface area contributed by atoms with Crippen molar-refractivity contribution in [2.45, 2.75) is 19.0 Å². The van der Waals surface area contributed by atoms with Crippen LogP contribution in [0.4, 0.5) is 0 Å². The van der Waals surface area contributed by atoms with Crippen LogP contribution in [-0.2, 0) is 6.54 Å². The van der Waals surface area contributed by atoms with Crippen LogP contribution in [0.2, 0.25) is 0 Å². The van der Waals surface area contributed by atoms with Crippen molar-refractivity contribution >= 4 is 0 Å². The summed E-state index contributed by atoms with van der Waals surface area (Å²) in [5, 5.41) is 9.19. The van der Waals surface area contributed by atoms with Gasteiger partial charge >= 0.3 is 0 Å². The van der Waals surface area contributed by atoms with E-state index in [-0.39, 0.29) is 6.04 Å². The van der Waals surface area contributed by atoms with E-state index in [1.54, 1.807) is 0 Å². The second kappa shape index (κ2) is 6.43. The molecule has 0 saturated heterocycles. The molecule has 2 aromatic carbocycles. The molecule has 1 heterocycles. The highest BCUT2D eigenvalue weighted by molar-refractivity contribution is 5.34. The molecule has 21 heavy (non-hydrogen) atoms. The zero-order chi connectivity index (χ0) is 14.5. The van der Waals surface area contributed by atoms with Crippen LogP contribution in [0.5, 0.6) is 5.75 Å². The highest BCUT2D eigenvalue weighted by Gasteiger charge is 2.23. The third-order valence-electron chi connectivity index (χ3n) is 3.89. The summed E-state index contributed by atoms with van der Waals surface area (Å²) in [6.45, 7) is 2.30. The Bertz CT molecular complexity index is 633. The third-order valence-corrected chi connectivity index (χ3v) is 3.89. The number of benzene rings is 2. The maximum absolute atomic E-state index is 9.19. The van der Waals surface area contributed by atoms with Gasteiger partial charge in [-0.25, -0.2) is 0 Å². The summed E-state index contributed by atoms with van der Waals surface area (Å²) in [7, 11) is 0. The summed E-state index contributed by atoms with van der Waals surface area (Å²) in [6, 6.07) is 20.9. The fraction of sp³-hybridized carbons (Fsp3) is 0.278. The molecule has 1 aliphatic rings. The Morgan fingerprint density at radius 1 is 1.10 bits per heavy atom. The average molecular weight is 278 g/mol. The van der Waals surface area contributed by atoms with E-state index in [4.69, 9.17) is 4.74 Å². The van der Waals surface area contributed by atoms with Gasteiger partial charge in [-0.15, -0.1) is 0 Å². The highest BCUT2D eigenvalue weighted by atomic mass is 16.5. The van der Waals surface area contributed by atoms with Crippen molar-refractivity contribution in [3.63, 3.8) is 0 Å². The molecule has 3 heteroatoms. The van der Waals surface area contributed by atoms with Gasteiger partial charge in [0.15, 0.2) is 0 Å². The standard InChI is InChI=1S/C18H18N2O/c19-11-10-17(15-6-2-1-3-7-15)20-12-13-21-18-9-5-4-8-16(18)14-20/h1-9,17H,10,12-14H2. The van der Waals surface area contributed by atoms with Crippen LogP contribution in [-0.4, -0.2) is 18.1 Å². The lowest BCUT2D eigenvalue weighted by Crippen LogP contribution is -2.30. The van der Waals surface area contributed by atoms with E-state index in [1.165, 1.54) is 11.1 Å². The van der Waals surface area contributed by atoms with Gasteiger partial charge in [0.1, 0.15) is 12.4 Å². The maximum atomic E-state index is 9.19. The largest absolute Gasteiger partial charge is 0.492 e. The summed E-state index contributed by atoms with van der Waals surface area (Å²) in [4.78, 5) is 2.34. The summed E-state index contributed by atoms with van der Waals surface area (Å²) in [6.07, 6.45) is 0.492. The van der Waals surface area contributed by atoms with Crippen molar-refractivity contribution in [2.24, 2.45) is 0 Å². The van der Waals surface area contributed by atoms with Gasteiger partial charge in [-0.1, -0.05) is 48.5 Å². The normalized spacial score (nSPS) is 16.1. The number of nitrogens with zero attached hydrogens (tertiary/aromatic N) is 2. The molecular weight excluding hydrogens is 260 g/mol. The highest BCUT2D eigenvalue weighted by Crippen LogP contribution is 2.30. The molecule has 0 aromatic heterocycles. The summed E-state index contributed by atoms with van der Waals surface area (Å²) < 4.78 is 5.82. The molecule has 0 bridgehead atoms. The van der Waals surface area contributed by atoms with E-state index in [1.807, 2.05) is 36.4 Å². The molecule has 3 nitrogen and oxygen atoms in total. The lowest BCUT2D eigenvalue weighted by atomic mass is 10.0. The molecule has 0 saturated carbocycles. The Labute approximate surface area is 125 Å². The number of para-hydroxylation sites is 1. The van der Waals surface area contributed by atoms with E-state index in [0.29, 0.717) is 13.0 Å². The van der Waals surface area contributed by atoms with Gasteiger partial charge in [0.25, 0.3) is 0 Å². The molecule has 0 fully saturated rings. The van der Waals surface area contributed by atoms with Crippen LogP contribution in [0, 0.1) is 11.3 Å². The van der Waals surface area contributed by atoms with Crippen LogP contribution in [0.15, 0.2) is 54.6 Å². The van der Waals surface area contributed by atoms with Crippen molar-refractivity contribution in [3.05, 3.63) is 65.7 Å². The molecule has 1 aliphatic heterocycles. The Kier molecular flexibility index (Phi) is 4.18. The van der Waals surface area contributed by atoms with Gasteiger partial charge in [-0.3, -0.25) is 4.90 Å². The van der Waals surface area contributed by atoms with Crippen molar-refractivity contribution in [1.82, 2.24) is 4.90 Å². The quantitative estimate of drug-likeness (QED) is 0.861. The zero-order valence-electron chi connectivity index (χ0n) is 11.9. The lowest BCUT2D eigenvalue weighted by molar-refractivity contribution is 0.171. The monoisotopic (exact) mass is 278 g/mol. The predicted octanol–water partition coefficient (Wildman–Crippen LogP) is 3.54. The third kappa shape index (κ3) is 3.07. The topological polar surface area (TPSA) is 36.3 Å². The average Bonchev–Trinajstić information content (AvgIpc) is 2.75. The molecule has 2 aromatic rings.